The maximum Gasteiger partial charge on any atom is 0.0527 e. The Morgan fingerprint density at radius 1 is 1.29 bits per heavy atom. The van der Waals surface area contributed by atoms with E-state index in [1.807, 2.05) is 6.20 Å². The SMILES string of the molecule is NCCC=Cc1cccc2cc[nH]c12. The van der Waals surface area contributed by atoms with Gasteiger partial charge < -0.3 is 10.7 Å². The molecule has 0 saturated heterocycles. The second-order valence-corrected chi connectivity index (χ2v) is 3.27. The maximum atomic E-state index is 5.43. The summed E-state index contributed by atoms with van der Waals surface area (Å²) < 4.78 is 0. The fraction of sp³-hybridized carbons (Fsp3) is 0.167. The van der Waals surface area contributed by atoms with Crippen molar-refractivity contribution in [3.63, 3.8) is 0 Å². The van der Waals surface area contributed by atoms with Gasteiger partial charge in [-0.25, -0.2) is 0 Å². The van der Waals surface area contributed by atoms with Gasteiger partial charge in [0.05, 0.1) is 5.52 Å². The van der Waals surface area contributed by atoms with Crippen LogP contribution in [0.3, 0.4) is 0 Å². The molecule has 0 aliphatic rings. The number of aromatic amines is 1. The first kappa shape index (κ1) is 9.03. The summed E-state index contributed by atoms with van der Waals surface area (Å²) >= 11 is 0. The minimum Gasteiger partial charge on any atom is -0.361 e. The Hall–Kier alpha value is -1.54. The molecule has 2 nitrogen and oxygen atoms in total. The highest BCUT2D eigenvalue weighted by molar-refractivity contribution is 5.87. The molecule has 0 spiro atoms. The average Bonchev–Trinajstić information content (AvgIpc) is 2.67. The number of para-hydroxylation sites is 1. The highest BCUT2D eigenvalue weighted by atomic mass is 14.7. The van der Waals surface area contributed by atoms with Gasteiger partial charge in [0.15, 0.2) is 0 Å². The van der Waals surface area contributed by atoms with Crippen molar-refractivity contribution < 1.29 is 0 Å². The van der Waals surface area contributed by atoms with Crippen LogP contribution in [-0.4, -0.2) is 11.5 Å². The average molecular weight is 186 g/mol. The predicted molar refractivity (Wildman–Crippen MR) is 61.0 cm³/mol. The molecule has 0 fully saturated rings. The zero-order chi connectivity index (χ0) is 9.80. The molecule has 72 valence electrons. The zero-order valence-corrected chi connectivity index (χ0v) is 8.03. The second-order valence-electron chi connectivity index (χ2n) is 3.27. The Morgan fingerprint density at radius 2 is 2.21 bits per heavy atom. The molecule has 0 radical (unpaired) electrons. The van der Waals surface area contributed by atoms with Crippen LogP contribution in [0.5, 0.6) is 0 Å². The molecule has 2 heteroatoms. The number of hydrogen-bond acceptors (Lipinski definition) is 1. The van der Waals surface area contributed by atoms with E-state index in [4.69, 9.17) is 5.73 Å². The summed E-state index contributed by atoms with van der Waals surface area (Å²) in [6.07, 6.45) is 7.11. The van der Waals surface area contributed by atoms with E-state index in [1.165, 1.54) is 16.5 Å². The maximum absolute atomic E-state index is 5.43. The lowest BCUT2D eigenvalue weighted by Gasteiger charge is -1.96. The predicted octanol–water partition coefficient (Wildman–Crippen LogP) is 2.53. The van der Waals surface area contributed by atoms with Gasteiger partial charge >= 0.3 is 0 Å². The molecular formula is C12H14N2. The summed E-state index contributed by atoms with van der Waals surface area (Å²) in [4.78, 5) is 3.23. The number of nitrogens with one attached hydrogen (secondary N) is 1. The van der Waals surface area contributed by atoms with Crippen LogP contribution in [0.4, 0.5) is 0 Å². The third-order valence-electron chi connectivity index (χ3n) is 2.25. The normalized spacial score (nSPS) is 11.5. The molecule has 0 atom stereocenters. The lowest BCUT2D eigenvalue weighted by atomic mass is 10.1. The summed E-state index contributed by atoms with van der Waals surface area (Å²) in [5.41, 5.74) is 7.84. The van der Waals surface area contributed by atoms with Gasteiger partial charge in [-0.3, -0.25) is 0 Å². The van der Waals surface area contributed by atoms with Crippen LogP contribution < -0.4 is 5.73 Å². The molecule has 3 N–H and O–H groups in total. The van der Waals surface area contributed by atoms with Gasteiger partial charge in [0, 0.05) is 6.20 Å². The molecule has 2 aromatic rings. The molecule has 0 aliphatic heterocycles. The fourth-order valence-corrected chi connectivity index (χ4v) is 1.55. The van der Waals surface area contributed by atoms with Gasteiger partial charge in [-0.2, -0.15) is 0 Å². The molecule has 1 aromatic heterocycles. The van der Waals surface area contributed by atoms with Gasteiger partial charge in [0.25, 0.3) is 0 Å². The van der Waals surface area contributed by atoms with Gasteiger partial charge in [0.2, 0.25) is 0 Å². The van der Waals surface area contributed by atoms with E-state index < -0.39 is 0 Å². The van der Waals surface area contributed by atoms with Crippen molar-refractivity contribution in [1.29, 1.82) is 0 Å². The Balaban J connectivity index is 2.36. The smallest absolute Gasteiger partial charge is 0.0527 e. The highest BCUT2D eigenvalue weighted by Gasteiger charge is 1.96. The molecule has 0 unspecified atom stereocenters. The van der Waals surface area contributed by atoms with Crippen LogP contribution in [0.1, 0.15) is 12.0 Å². The van der Waals surface area contributed by atoms with E-state index in [-0.39, 0.29) is 0 Å². The van der Waals surface area contributed by atoms with Gasteiger partial charge in [-0.15, -0.1) is 0 Å². The topological polar surface area (TPSA) is 41.8 Å². The molecule has 1 aromatic carbocycles. The Labute approximate surface area is 83.4 Å². The molecule has 0 saturated carbocycles. The van der Waals surface area contributed by atoms with Crippen molar-refractivity contribution in [3.8, 4) is 0 Å². The lowest BCUT2D eigenvalue weighted by Crippen LogP contribution is -1.94. The summed E-state index contributed by atoms with van der Waals surface area (Å²) in [6, 6.07) is 8.35. The summed E-state index contributed by atoms with van der Waals surface area (Å²) in [5.74, 6) is 0. The summed E-state index contributed by atoms with van der Waals surface area (Å²) in [5, 5.41) is 1.25. The standard InChI is InChI=1S/C12H14N2/c13-8-2-1-4-10-5-3-6-11-7-9-14-12(10)11/h1,3-7,9,14H,2,8,13H2. The third-order valence-corrected chi connectivity index (χ3v) is 2.25. The van der Waals surface area contributed by atoms with Crippen LogP contribution in [0.2, 0.25) is 0 Å². The van der Waals surface area contributed by atoms with E-state index in [0.29, 0.717) is 6.54 Å². The van der Waals surface area contributed by atoms with Crippen LogP contribution >= 0.6 is 0 Å². The van der Waals surface area contributed by atoms with E-state index in [2.05, 4.69) is 41.4 Å². The third kappa shape index (κ3) is 1.70. The summed E-state index contributed by atoms with van der Waals surface area (Å²) in [6.45, 7) is 0.706. The molecule has 0 amide bonds. The Kier molecular flexibility index (Phi) is 2.65. The first-order chi connectivity index (χ1) is 6.92. The quantitative estimate of drug-likeness (QED) is 0.760. The van der Waals surface area contributed by atoms with E-state index in [1.54, 1.807) is 0 Å². The van der Waals surface area contributed by atoms with Crippen molar-refractivity contribution in [2.24, 2.45) is 5.73 Å². The zero-order valence-electron chi connectivity index (χ0n) is 8.03. The highest BCUT2D eigenvalue weighted by Crippen LogP contribution is 2.17. The molecule has 2 rings (SSSR count). The monoisotopic (exact) mass is 186 g/mol. The minimum absolute atomic E-state index is 0.706. The molecular weight excluding hydrogens is 172 g/mol. The largest absolute Gasteiger partial charge is 0.361 e. The number of nitrogens with two attached hydrogens (primary N) is 1. The Morgan fingerprint density at radius 3 is 3.07 bits per heavy atom. The second kappa shape index (κ2) is 4.11. The number of hydrogen-bond donors (Lipinski definition) is 2. The number of H-pyrrole nitrogens is 1. The van der Waals surface area contributed by atoms with Gasteiger partial charge in [-0.05, 0) is 30.0 Å². The molecule has 14 heavy (non-hydrogen) atoms. The molecule has 0 aliphatic carbocycles. The van der Waals surface area contributed by atoms with Crippen LogP contribution in [0, 0.1) is 0 Å². The number of rotatable bonds is 3. The van der Waals surface area contributed by atoms with Gasteiger partial charge in [0.1, 0.15) is 0 Å². The van der Waals surface area contributed by atoms with Crippen molar-refractivity contribution in [1.82, 2.24) is 4.98 Å². The van der Waals surface area contributed by atoms with Crippen LogP contribution in [0.15, 0.2) is 36.5 Å². The molecule has 0 bridgehead atoms. The van der Waals surface area contributed by atoms with E-state index >= 15 is 0 Å². The van der Waals surface area contributed by atoms with E-state index in [9.17, 15) is 0 Å². The van der Waals surface area contributed by atoms with Crippen LogP contribution in [0.25, 0.3) is 17.0 Å². The first-order valence-corrected chi connectivity index (χ1v) is 4.84. The Bertz CT molecular complexity index is 440. The first-order valence-electron chi connectivity index (χ1n) is 4.84. The number of aromatic nitrogens is 1. The van der Waals surface area contributed by atoms with Crippen molar-refractivity contribution in [2.75, 3.05) is 6.54 Å². The van der Waals surface area contributed by atoms with E-state index in [0.717, 1.165) is 6.42 Å². The minimum atomic E-state index is 0.706. The van der Waals surface area contributed by atoms with Crippen LogP contribution in [-0.2, 0) is 0 Å². The molecule has 1 heterocycles. The fourth-order valence-electron chi connectivity index (χ4n) is 1.55. The van der Waals surface area contributed by atoms with Gasteiger partial charge in [-0.1, -0.05) is 30.4 Å². The summed E-state index contributed by atoms with van der Waals surface area (Å²) in [7, 11) is 0. The van der Waals surface area contributed by atoms with Crippen molar-refractivity contribution >= 4 is 17.0 Å². The van der Waals surface area contributed by atoms with Crippen molar-refractivity contribution in [3.05, 3.63) is 42.1 Å². The lowest BCUT2D eigenvalue weighted by molar-refractivity contribution is 1.01. The van der Waals surface area contributed by atoms with Crippen molar-refractivity contribution in [2.45, 2.75) is 6.42 Å². The number of benzene rings is 1. The number of fused-ring (bicyclic) bond motifs is 1.